The lowest BCUT2D eigenvalue weighted by atomic mass is 9.73. The fourth-order valence-electron chi connectivity index (χ4n) is 3.40. The molecular formula is C16H21Cl2NO2. The van der Waals surface area contributed by atoms with Crippen molar-refractivity contribution >= 4 is 29.1 Å². The maximum atomic E-state index is 12.1. The first-order valence-electron chi connectivity index (χ1n) is 7.38. The van der Waals surface area contributed by atoms with Crippen LogP contribution >= 0.6 is 23.2 Å². The lowest BCUT2D eigenvalue weighted by molar-refractivity contribution is -0.124. The van der Waals surface area contributed by atoms with Gasteiger partial charge in [-0.2, -0.15) is 0 Å². The Morgan fingerprint density at radius 1 is 1.43 bits per heavy atom. The molecule has 3 N–H and O–H groups in total. The minimum Gasteiger partial charge on any atom is -0.388 e. The zero-order valence-corrected chi connectivity index (χ0v) is 13.9. The van der Waals surface area contributed by atoms with Crippen molar-refractivity contribution < 1.29 is 9.90 Å². The highest BCUT2D eigenvalue weighted by Gasteiger charge is 2.40. The van der Waals surface area contributed by atoms with Crippen LogP contribution in [0.25, 0.3) is 0 Å². The Labute approximate surface area is 135 Å². The number of hydrogen-bond donors (Lipinski definition) is 2. The van der Waals surface area contributed by atoms with Crippen molar-refractivity contribution in [2.45, 2.75) is 57.5 Å². The van der Waals surface area contributed by atoms with E-state index in [4.69, 9.17) is 28.9 Å². The molecule has 0 heterocycles. The largest absolute Gasteiger partial charge is 0.388 e. The molecule has 1 aromatic carbocycles. The molecule has 0 spiro atoms. The van der Waals surface area contributed by atoms with Gasteiger partial charge in [0.1, 0.15) is 0 Å². The number of aliphatic hydroxyl groups excluding tert-OH is 1. The number of nitrogens with two attached hydrogens (primary N) is 1. The molecule has 2 atom stereocenters. The van der Waals surface area contributed by atoms with Gasteiger partial charge in [-0.05, 0) is 36.8 Å². The van der Waals surface area contributed by atoms with Gasteiger partial charge in [0, 0.05) is 5.56 Å². The number of aryl methyl sites for hydroxylation is 1. The number of carbonyl (C=O) groups is 1. The molecule has 5 heteroatoms. The minimum absolute atomic E-state index is 0.352. The van der Waals surface area contributed by atoms with Gasteiger partial charge in [0.05, 0.1) is 21.6 Å². The standard InChI is InChI=1S/C16H21Cl2NO2/c1-3-7-16(4-2,15(19)21)10-8-9-5-6-11(20)12(9)14(18)13(10)17/h8,11,20H,3-7H2,1-2H3,(H2,19,21). The van der Waals surface area contributed by atoms with Crippen molar-refractivity contribution in [3.05, 3.63) is 32.8 Å². The van der Waals surface area contributed by atoms with Crippen molar-refractivity contribution in [3.63, 3.8) is 0 Å². The first-order valence-corrected chi connectivity index (χ1v) is 8.13. The summed E-state index contributed by atoms with van der Waals surface area (Å²) in [5.74, 6) is -0.372. The highest BCUT2D eigenvalue weighted by atomic mass is 35.5. The van der Waals surface area contributed by atoms with Crippen molar-refractivity contribution in [2.75, 3.05) is 0 Å². The molecule has 0 fully saturated rings. The summed E-state index contributed by atoms with van der Waals surface area (Å²) >= 11 is 12.8. The van der Waals surface area contributed by atoms with Crippen molar-refractivity contribution in [1.82, 2.24) is 0 Å². The summed E-state index contributed by atoms with van der Waals surface area (Å²) in [4.78, 5) is 12.1. The molecule has 0 aromatic heterocycles. The zero-order valence-electron chi connectivity index (χ0n) is 12.4. The number of carbonyl (C=O) groups excluding carboxylic acids is 1. The number of rotatable bonds is 5. The van der Waals surface area contributed by atoms with Crippen LogP contribution in [-0.2, 0) is 16.6 Å². The van der Waals surface area contributed by atoms with Crippen LogP contribution in [0.4, 0.5) is 0 Å². The number of benzene rings is 1. The summed E-state index contributed by atoms with van der Waals surface area (Å²) in [7, 11) is 0. The van der Waals surface area contributed by atoms with E-state index in [9.17, 15) is 9.90 Å². The Morgan fingerprint density at radius 2 is 2.10 bits per heavy atom. The molecule has 1 aliphatic carbocycles. The molecule has 0 aliphatic heterocycles. The molecule has 2 unspecified atom stereocenters. The van der Waals surface area contributed by atoms with Gasteiger partial charge in [-0.25, -0.2) is 0 Å². The Morgan fingerprint density at radius 3 is 2.62 bits per heavy atom. The molecule has 116 valence electrons. The Kier molecular flexibility index (Phi) is 4.86. The van der Waals surface area contributed by atoms with Crippen LogP contribution in [-0.4, -0.2) is 11.0 Å². The second kappa shape index (κ2) is 6.15. The predicted octanol–water partition coefficient (Wildman–Crippen LogP) is 3.91. The maximum absolute atomic E-state index is 12.1. The molecule has 21 heavy (non-hydrogen) atoms. The van der Waals surface area contributed by atoms with Gasteiger partial charge in [-0.1, -0.05) is 49.5 Å². The molecule has 0 saturated heterocycles. The van der Waals surface area contributed by atoms with Gasteiger partial charge in [-0.15, -0.1) is 0 Å². The second-order valence-electron chi connectivity index (χ2n) is 5.73. The first-order chi connectivity index (χ1) is 9.89. The third kappa shape index (κ3) is 2.56. The summed E-state index contributed by atoms with van der Waals surface area (Å²) in [6.45, 7) is 3.95. The number of halogens is 2. The molecule has 0 saturated carbocycles. The van der Waals surface area contributed by atoms with Gasteiger partial charge in [0.2, 0.25) is 5.91 Å². The van der Waals surface area contributed by atoms with Crippen LogP contribution in [0.3, 0.4) is 0 Å². The van der Waals surface area contributed by atoms with E-state index in [1.165, 1.54) is 0 Å². The van der Waals surface area contributed by atoms with Crippen LogP contribution in [0, 0.1) is 0 Å². The lowest BCUT2D eigenvalue weighted by Gasteiger charge is -2.31. The smallest absolute Gasteiger partial charge is 0.228 e. The fourth-order valence-corrected chi connectivity index (χ4v) is 4.09. The van der Waals surface area contributed by atoms with E-state index in [1.54, 1.807) is 0 Å². The quantitative estimate of drug-likeness (QED) is 0.860. The Balaban J connectivity index is 2.68. The molecule has 2 rings (SSSR count). The van der Waals surface area contributed by atoms with E-state index in [0.717, 1.165) is 18.4 Å². The molecule has 0 bridgehead atoms. The van der Waals surface area contributed by atoms with Gasteiger partial charge in [0.25, 0.3) is 0 Å². The number of aliphatic hydroxyl groups is 1. The lowest BCUT2D eigenvalue weighted by Crippen LogP contribution is -2.41. The van der Waals surface area contributed by atoms with E-state index >= 15 is 0 Å². The van der Waals surface area contributed by atoms with Crippen LogP contribution in [0.2, 0.25) is 10.0 Å². The van der Waals surface area contributed by atoms with Gasteiger partial charge >= 0.3 is 0 Å². The van der Waals surface area contributed by atoms with Crippen LogP contribution in [0.1, 0.15) is 62.3 Å². The second-order valence-corrected chi connectivity index (χ2v) is 6.49. The summed E-state index contributed by atoms with van der Waals surface area (Å²) < 4.78 is 0. The van der Waals surface area contributed by atoms with E-state index in [2.05, 4.69) is 0 Å². The summed E-state index contributed by atoms with van der Waals surface area (Å²) in [6, 6.07) is 1.92. The number of hydrogen-bond acceptors (Lipinski definition) is 2. The zero-order chi connectivity index (χ0) is 15.8. The highest BCUT2D eigenvalue weighted by molar-refractivity contribution is 6.43. The Hall–Kier alpha value is -0.770. The molecule has 1 aliphatic rings. The maximum Gasteiger partial charge on any atom is 0.228 e. The fraction of sp³-hybridized carbons (Fsp3) is 0.562. The Bertz CT molecular complexity index is 574. The minimum atomic E-state index is -0.794. The number of primary amides is 1. The third-order valence-corrected chi connectivity index (χ3v) is 5.50. The molecule has 1 amide bonds. The van der Waals surface area contributed by atoms with Crippen LogP contribution in [0.5, 0.6) is 0 Å². The summed E-state index contributed by atoms with van der Waals surface area (Å²) in [5.41, 5.74) is 7.29. The third-order valence-electron chi connectivity index (χ3n) is 4.62. The topological polar surface area (TPSA) is 63.3 Å². The van der Waals surface area contributed by atoms with E-state index in [1.807, 2.05) is 19.9 Å². The van der Waals surface area contributed by atoms with E-state index < -0.39 is 11.5 Å². The monoisotopic (exact) mass is 329 g/mol. The summed E-state index contributed by atoms with van der Waals surface area (Å²) in [6.07, 6.45) is 2.84. The normalized spacial score (nSPS) is 20.1. The SMILES string of the molecule is CCCC(CC)(C(N)=O)c1cc2c(c(Cl)c1Cl)C(O)CC2. The van der Waals surface area contributed by atoms with Crippen LogP contribution < -0.4 is 5.73 Å². The number of fused-ring (bicyclic) bond motifs is 1. The van der Waals surface area contributed by atoms with Crippen LogP contribution in [0.15, 0.2) is 6.07 Å². The van der Waals surface area contributed by atoms with Gasteiger partial charge in [0.15, 0.2) is 0 Å². The van der Waals surface area contributed by atoms with Crippen molar-refractivity contribution in [2.24, 2.45) is 5.73 Å². The van der Waals surface area contributed by atoms with Gasteiger partial charge < -0.3 is 10.8 Å². The van der Waals surface area contributed by atoms with E-state index in [0.29, 0.717) is 40.4 Å². The molecule has 0 radical (unpaired) electrons. The van der Waals surface area contributed by atoms with Gasteiger partial charge in [-0.3, -0.25) is 4.79 Å². The molecular weight excluding hydrogens is 309 g/mol. The van der Waals surface area contributed by atoms with Crippen molar-refractivity contribution in [1.29, 1.82) is 0 Å². The highest BCUT2D eigenvalue weighted by Crippen LogP contribution is 2.47. The molecule has 3 nitrogen and oxygen atoms in total. The average molecular weight is 330 g/mol. The molecule has 1 aromatic rings. The predicted molar refractivity (Wildman–Crippen MR) is 85.8 cm³/mol. The van der Waals surface area contributed by atoms with E-state index in [-0.39, 0.29) is 5.91 Å². The average Bonchev–Trinajstić information content (AvgIpc) is 2.81. The van der Waals surface area contributed by atoms with Crippen molar-refractivity contribution in [3.8, 4) is 0 Å². The first kappa shape index (κ1) is 16.6. The summed E-state index contributed by atoms with van der Waals surface area (Å²) in [5, 5.41) is 10.7. The number of amides is 1.